The van der Waals surface area contributed by atoms with E-state index in [0.29, 0.717) is 36.5 Å². The number of carbonyl (C=O) groups excluding carboxylic acids is 1. The second-order valence-corrected chi connectivity index (χ2v) is 11.2. The summed E-state index contributed by atoms with van der Waals surface area (Å²) in [5, 5.41) is 3.79. The van der Waals surface area contributed by atoms with Crippen LogP contribution in [0.2, 0.25) is 5.02 Å². The van der Waals surface area contributed by atoms with Crippen molar-refractivity contribution < 1.29 is 13.2 Å². The van der Waals surface area contributed by atoms with Gasteiger partial charge in [-0.2, -0.15) is 0 Å². The molecule has 5 nitrogen and oxygen atoms in total. The van der Waals surface area contributed by atoms with E-state index in [-0.39, 0.29) is 23.6 Å². The van der Waals surface area contributed by atoms with E-state index in [2.05, 4.69) is 5.32 Å². The molecule has 4 rings (SSSR count). The molecule has 178 valence electrons. The molecule has 0 radical (unpaired) electrons. The molecule has 0 bridgehead atoms. The van der Waals surface area contributed by atoms with Gasteiger partial charge in [0, 0.05) is 24.0 Å². The molecule has 1 aliphatic heterocycles. The Hall–Kier alpha value is -2.67. The van der Waals surface area contributed by atoms with Crippen LogP contribution in [-0.4, -0.2) is 31.7 Å². The number of halogens is 1. The van der Waals surface area contributed by atoms with E-state index in [0.717, 1.165) is 16.7 Å². The molecule has 0 spiro atoms. The predicted molar refractivity (Wildman–Crippen MR) is 136 cm³/mol. The third kappa shape index (κ3) is 6.06. The highest BCUT2D eigenvalue weighted by Gasteiger charge is 2.32. The van der Waals surface area contributed by atoms with E-state index in [9.17, 15) is 13.2 Å². The van der Waals surface area contributed by atoms with Gasteiger partial charge in [-0.1, -0.05) is 83.9 Å². The van der Waals surface area contributed by atoms with Gasteiger partial charge in [-0.15, -0.1) is 0 Å². The minimum atomic E-state index is -3.45. The third-order valence-corrected chi connectivity index (χ3v) is 8.41. The molecule has 1 aliphatic rings. The van der Waals surface area contributed by atoms with Gasteiger partial charge >= 0.3 is 0 Å². The number of nitrogens with zero attached hydrogens (tertiary/aromatic N) is 1. The highest BCUT2D eigenvalue weighted by Crippen LogP contribution is 2.26. The van der Waals surface area contributed by atoms with Gasteiger partial charge in [-0.25, -0.2) is 12.7 Å². The van der Waals surface area contributed by atoms with Gasteiger partial charge in [-0.05, 0) is 48.6 Å². The highest BCUT2D eigenvalue weighted by molar-refractivity contribution is 7.88. The fourth-order valence-corrected chi connectivity index (χ4v) is 5.99. The first-order chi connectivity index (χ1) is 16.3. The molecule has 7 heteroatoms. The van der Waals surface area contributed by atoms with Crippen molar-refractivity contribution in [2.24, 2.45) is 5.92 Å². The molecule has 0 unspecified atom stereocenters. The van der Waals surface area contributed by atoms with Gasteiger partial charge in [0.25, 0.3) is 0 Å². The summed E-state index contributed by atoms with van der Waals surface area (Å²) >= 11 is 5.90. The minimum Gasteiger partial charge on any atom is -0.345 e. The minimum absolute atomic E-state index is 0.0378. The Balaban J connectivity index is 1.40. The maximum atomic E-state index is 13.2. The summed E-state index contributed by atoms with van der Waals surface area (Å²) in [6.07, 6.45) is 1.00. The normalized spacial score (nSPS) is 16.2. The molecule has 1 heterocycles. The van der Waals surface area contributed by atoms with Crippen molar-refractivity contribution in [1.29, 1.82) is 0 Å². The molecule has 1 amide bonds. The molecule has 0 aliphatic carbocycles. The summed E-state index contributed by atoms with van der Waals surface area (Å²) in [6, 6.07) is 24.7. The zero-order chi connectivity index (χ0) is 24.1. The quantitative estimate of drug-likeness (QED) is 0.495. The average molecular weight is 497 g/mol. The second-order valence-electron chi connectivity index (χ2n) is 8.82. The fourth-order valence-electron chi connectivity index (χ4n) is 4.30. The number of benzene rings is 3. The molecule has 0 aromatic heterocycles. The lowest BCUT2D eigenvalue weighted by Gasteiger charge is -2.31. The van der Waals surface area contributed by atoms with Crippen LogP contribution in [0.1, 0.15) is 41.1 Å². The third-order valence-electron chi connectivity index (χ3n) is 6.31. The summed E-state index contributed by atoms with van der Waals surface area (Å²) in [6.45, 7) is 2.72. The van der Waals surface area contributed by atoms with E-state index in [4.69, 9.17) is 11.6 Å². The number of nitrogens with one attached hydrogen (secondary N) is 1. The standard InChI is InChI=1S/C27H29ClN2O3S/c1-20-7-11-23(12-8-20)26(22-5-3-2-4-6-22)29-27(31)24-15-17-30(18-16-24)34(32,33)19-21-9-13-25(28)14-10-21/h2-14,24,26H,15-19H2,1H3,(H,29,31)/t26-/m1/s1. The smallest absolute Gasteiger partial charge is 0.223 e. The SMILES string of the molecule is Cc1ccc([C@H](NC(=O)C2CCN(S(=O)(=O)Cc3ccc(Cl)cc3)CC2)c2ccccc2)cc1. The van der Waals surface area contributed by atoms with Crippen LogP contribution in [-0.2, 0) is 20.6 Å². The van der Waals surface area contributed by atoms with Crippen molar-refractivity contribution >= 4 is 27.5 Å². The van der Waals surface area contributed by atoms with Gasteiger partial charge in [0.2, 0.25) is 15.9 Å². The molecule has 34 heavy (non-hydrogen) atoms. The first-order valence-electron chi connectivity index (χ1n) is 11.5. The summed E-state index contributed by atoms with van der Waals surface area (Å²) in [5.74, 6) is -0.326. The van der Waals surface area contributed by atoms with Gasteiger partial charge < -0.3 is 5.32 Å². The van der Waals surface area contributed by atoms with Crippen molar-refractivity contribution in [3.63, 3.8) is 0 Å². The van der Waals surface area contributed by atoms with Gasteiger partial charge in [0.05, 0.1) is 11.8 Å². The zero-order valence-electron chi connectivity index (χ0n) is 19.2. The first-order valence-corrected chi connectivity index (χ1v) is 13.4. The first kappa shape index (κ1) is 24.5. The van der Waals surface area contributed by atoms with Gasteiger partial charge in [-0.3, -0.25) is 4.79 Å². The number of carbonyl (C=O) groups is 1. The fraction of sp³-hybridized carbons (Fsp3) is 0.296. The Morgan fingerprint density at radius 3 is 2.15 bits per heavy atom. The Morgan fingerprint density at radius 2 is 1.53 bits per heavy atom. The van der Waals surface area contributed by atoms with Crippen LogP contribution in [0.15, 0.2) is 78.9 Å². The second kappa shape index (κ2) is 10.7. The molecule has 0 saturated carbocycles. The number of hydrogen-bond acceptors (Lipinski definition) is 3. The van der Waals surface area contributed by atoms with Crippen LogP contribution >= 0.6 is 11.6 Å². The van der Waals surface area contributed by atoms with Crippen molar-refractivity contribution in [2.75, 3.05) is 13.1 Å². The zero-order valence-corrected chi connectivity index (χ0v) is 20.7. The van der Waals surface area contributed by atoms with Crippen molar-refractivity contribution in [3.8, 4) is 0 Å². The monoisotopic (exact) mass is 496 g/mol. The summed E-state index contributed by atoms with van der Waals surface area (Å²) in [7, 11) is -3.45. The molecular formula is C27H29ClN2O3S. The van der Waals surface area contributed by atoms with E-state index < -0.39 is 10.0 Å². The van der Waals surface area contributed by atoms with Crippen LogP contribution in [0.3, 0.4) is 0 Å². The Kier molecular flexibility index (Phi) is 7.71. The highest BCUT2D eigenvalue weighted by atomic mass is 35.5. The number of hydrogen-bond donors (Lipinski definition) is 1. The number of piperidine rings is 1. The lowest BCUT2D eigenvalue weighted by atomic mass is 9.94. The topological polar surface area (TPSA) is 66.5 Å². The summed E-state index contributed by atoms with van der Waals surface area (Å²) < 4.78 is 27.3. The van der Waals surface area contributed by atoms with E-state index in [1.807, 2.05) is 61.5 Å². The lowest BCUT2D eigenvalue weighted by molar-refractivity contribution is -0.126. The Labute approximate surface area is 206 Å². The maximum Gasteiger partial charge on any atom is 0.223 e. The number of rotatable bonds is 7. The van der Waals surface area contributed by atoms with Crippen LogP contribution in [0.25, 0.3) is 0 Å². The van der Waals surface area contributed by atoms with Crippen molar-refractivity contribution in [2.45, 2.75) is 31.6 Å². The van der Waals surface area contributed by atoms with Crippen LogP contribution in [0, 0.1) is 12.8 Å². The Bertz CT molecular complexity index is 1200. The molecule has 3 aromatic carbocycles. The van der Waals surface area contributed by atoms with Crippen LogP contribution < -0.4 is 5.32 Å². The molecule has 1 atom stereocenters. The van der Waals surface area contributed by atoms with Crippen molar-refractivity contribution in [3.05, 3.63) is 106 Å². The largest absolute Gasteiger partial charge is 0.345 e. The van der Waals surface area contributed by atoms with E-state index in [1.54, 1.807) is 24.3 Å². The van der Waals surface area contributed by atoms with E-state index in [1.165, 1.54) is 4.31 Å². The lowest BCUT2D eigenvalue weighted by Crippen LogP contribution is -2.44. The molecule has 1 N–H and O–H groups in total. The molecule has 1 saturated heterocycles. The molecule has 1 fully saturated rings. The van der Waals surface area contributed by atoms with Crippen LogP contribution in [0.5, 0.6) is 0 Å². The summed E-state index contributed by atoms with van der Waals surface area (Å²) in [5.41, 5.74) is 3.90. The van der Waals surface area contributed by atoms with Gasteiger partial charge in [0.15, 0.2) is 0 Å². The number of sulfonamides is 1. The Morgan fingerprint density at radius 1 is 0.941 bits per heavy atom. The maximum absolute atomic E-state index is 13.2. The van der Waals surface area contributed by atoms with Gasteiger partial charge in [0.1, 0.15) is 0 Å². The van der Waals surface area contributed by atoms with E-state index >= 15 is 0 Å². The molecule has 3 aromatic rings. The number of aryl methyl sites for hydroxylation is 1. The molecular weight excluding hydrogens is 468 g/mol. The summed E-state index contributed by atoms with van der Waals surface area (Å²) in [4.78, 5) is 13.2. The predicted octanol–water partition coefficient (Wildman–Crippen LogP) is 5.10. The number of amides is 1. The average Bonchev–Trinajstić information content (AvgIpc) is 2.85. The van der Waals surface area contributed by atoms with Crippen molar-refractivity contribution in [1.82, 2.24) is 9.62 Å². The van der Waals surface area contributed by atoms with Crippen LogP contribution in [0.4, 0.5) is 0 Å².